The van der Waals surface area contributed by atoms with Crippen LogP contribution >= 0.6 is 11.6 Å². The Balaban J connectivity index is 1.82. The second kappa shape index (κ2) is 7.82. The summed E-state index contributed by atoms with van der Waals surface area (Å²) in [6.45, 7) is 0.365. The van der Waals surface area contributed by atoms with Crippen molar-refractivity contribution in [2.45, 2.75) is 18.9 Å². The van der Waals surface area contributed by atoms with Gasteiger partial charge in [0.25, 0.3) is 0 Å². The van der Waals surface area contributed by atoms with Crippen molar-refractivity contribution in [2.24, 2.45) is 0 Å². The van der Waals surface area contributed by atoms with Gasteiger partial charge in [-0.3, -0.25) is 9.59 Å². The molecule has 1 unspecified atom stereocenters. The first-order chi connectivity index (χ1) is 11.0. The van der Waals surface area contributed by atoms with Crippen molar-refractivity contribution in [2.75, 3.05) is 25.5 Å². The molecule has 4 amide bonds. The molecule has 1 aliphatic heterocycles. The van der Waals surface area contributed by atoms with E-state index in [1.165, 1.54) is 4.90 Å². The first-order valence-electron chi connectivity index (χ1n) is 7.32. The maximum Gasteiger partial charge on any atom is 0.319 e. The third-order valence-corrected chi connectivity index (χ3v) is 3.88. The zero-order valence-electron chi connectivity index (χ0n) is 12.8. The van der Waals surface area contributed by atoms with Gasteiger partial charge in [-0.15, -0.1) is 0 Å². The summed E-state index contributed by atoms with van der Waals surface area (Å²) in [5, 5.41) is 8.22. The fourth-order valence-corrected chi connectivity index (χ4v) is 2.60. The maximum absolute atomic E-state index is 12.2. The fraction of sp³-hybridized carbons (Fsp3) is 0.400. The molecule has 1 fully saturated rings. The quantitative estimate of drug-likeness (QED) is 0.770. The number of benzene rings is 1. The van der Waals surface area contributed by atoms with Gasteiger partial charge < -0.3 is 20.9 Å². The van der Waals surface area contributed by atoms with Crippen molar-refractivity contribution in [3.63, 3.8) is 0 Å². The molecule has 2 rings (SSSR count). The molecule has 124 valence electrons. The number of halogens is 1. The Morgan fingerprint density at radius 2 is 1.96 bits per heavy atom. The van der Waals surface area contributed by atoms with E-state index in [4.69, 9.17) is 11.6 Å². The lowest BCUT2D eigenvalue weighted by atomic mass is 10.2. The zero-order valence-corrected chi connectivity index (χ0v) is 13.5. The molecule has 3 N–H and O–H groups in total. The van der Waals surface area contributed by atoms with Gasteiger partial charge in [-0.25, -0.2) is 4.79 Å². The van der Waals surface area contributed by atoms with Gasteiger partial charge in [-0.2, -0.15) is 0 Å². The molecule has 1 heterocycles. The molecule has 1 aromatic carbocycles. The van der Waals surface area contributed by atoms with Crippen molar-refractivity contribution >= 4 is 35.1 Å². The minimum absolute atomic E-state index is 0.160. The van der Waals surface area contributed by atoms with Crippen LogP contribution in [0, 0.1) is 0 Å². The Kier molecular flexibility index (Phi) is 5.81. The molecule has 7 nitrogen and oxygen atoms in total. The predicted molar refractivity (Wildman–Crippen MR) is 87.3 cm³/mol. The standard InChI is InChI=1S/C15H19ClN4O3/c1-17-14(22)12-3-2-8-20(12)13(21)9-18-15(23)19-11-6-4-10(16)5-7-11/h4-7,12H,2-3,8-9H2,1H3,(H,17,22)(H2,18,19,23). The second-order valence-corrected chi connectivity index (χ2v) is 5.61. The number of likely N-dealkylation sites (tertiary alicyclic amines) is 1. The van der Waals surface area contributed by atoms with E-state index < -0.39 is 12.1 Å². The summed E-state index contributed by atoms with van der Waals surface area (Å²) in [4.78, 5) is 37.2. The van der Waals surface area contributed by atoms with E-state index in [2.05, 4.69) is 16.0 Å². The number of carbonyl (C=O) groups is 3. The second-order valence-electron chi connectivity index (χ2n) is 5.17. The molecule has 0 aromatic heterocycles. The lowest BCUT2D eigenvalue weighted by Crippen LogP contribution is -2.48. The lowest BCUT2D eigenvalue weighted by Gasteiger charge is -2.23. The highest BCUT2D eigenvalue weighted by Gasteiger charge is 2.33. The third kappa shape index (κ3) is 4.59. The summed E-state index contributed by atoms with van der Waals surface area (Å²) in [6.07, 6.45) is 1.42. The van der Waals surface area contributed by atoms with Gasteiger partial charge in [-0.05, 0) is 37.1 Å². The van der Waals surface area contributed by atoms with Crippen LogP contribution in [0.1, 0.15) is 12.8 Å². The van der Waals surface area contributed by atoms with Crippen LogP contribution in [0.5, 0.6) is 0 Å². The smallest absolute Gasteiger partial charge is 0.319 e. The van der Waals surface area contributed by atoms with Crippen LogP contribution < -0.4 is 16.0 Å². The third-order valence-electron chi connectivity index (χ3n) is 3.62. The Hall–Kier alpha value is -2.28. The number of carbonyl (C=O) groups excluding carboxylic acids is 3. The number of hydrogen-bond donors (Lipinski definition) is 3. The summed E-state index contributed by atoms with van der Waals surface area (Å²) in [6, 6.07) is 5.68. The summed E-state index contributed by atoms with van der Waals surface area (Å²) >= 11 is 5.76. The van der Waals surface area contributed by atoms with Gasteiger partial charge >= 0.3 is 6.03 Å². The van der Waals surface area contributed by atoms with E-state index in [0.717, 1.165) is 6.42 Å². The normalized spacial score (nSPS) is 16.8. The molecule has 1 saturated heterocycles. The molecule has 0 aliphatic carbocycles. The van der Waals surface area contributed by atoms with Crippen LogP contribution in [0.4, 0.5) is 10.5 Å². The van der Waals surface area contributed by atoms with Gasteiger partial charge in [0.15, 0.2) is 0 Å². The first kappa shape index (κ1) is 17.1. The summed E-state index contributed by atoms with van der Waals surface area (Å²) in [5.41, 5.74) is 0.573. The Morgan fingerprint density at radius 1 is 1.26 bits per heavy atom. The minimum atomic E-state index is -0.489. The van der Waals surface area contributed by atoms with Crippen LogP contribution in [-0.2, 0) is 9.59 Å². The Labute approximate surface area is 139 Å². The number of amides is 4. The van der Waals surface area contributed by atoms with Gasteiger partial charge in [-0.1, -0.05) is 11.6 Å². The van der Waals surface area contributed by atoms with Crippen molar-refractivity contribution in [1.82, 2.24) is 15.5 Å². The molecule has 1 atom stereocenters. The molecule has 1 aromatic rings. The van der Waals surface area contributed by atoms with Crippen molar-refractivity contribution in [3.8, 4) is 0 Å². The number of hydrogen-bond acceptors (Lipinski definition) is 3. The summed E-state index contributed by atoms with van der Waals surface area (Å²) < 4.78 is 0. The molecular formula is C15H19ClN4O3. The first-order valence-corrected chi connectivity index (χ1v) is 7.70. The van der Waals surface area contributed by atoms with Crippen molar-refractivity contribution in [1.29, 1.82) is 0 Å². The molecule has 1 aliphatic rings. The predicted octanol–water partition coefficient (Wildman–Crippen LogP) is 1.20. The number of nitrogens with zero attached hydrogens (tertiary/aromatic N) is 1. The Bertz CT molecular complexity index is 591. The highest BCUT2D eigenvalue weighted by molar-refractivity contribution is 6.30. The topological polar surface area (TPSA) is 90.5 Å². The van der Waals surface area contributed by atoms with Crippen LogP contribution in [0.25, 0.3) is 0 Å². The molecule has 0 spiro atoms. The lowest BCUT2D eigenvalue weighted by molar-refractivity contribution is -0.137. The number of likely N-dealkylation sites (N-methyl/N-ethyl adjacent to an activating group) is 1. The van der Waals surface area contributed by atoms with Crippen LogP contribution in [0.15, 0.2) is 24.3 Å². The van der Waals surface area contributed by atoms with E-state index in [1.807, 2.05) is 0 Å². The Morgan fingerprint density at radius 3 is 2.61 bits per heavy atom. The van der Waals surface area contributed by atoms with E-state index in [9.17, 15) is 14.4 Å². The average Bonchev–Trinajstić information content (AvgIpc) is 3.03. The van der Waals surface area contributed by atoms with Crippen LogP contribution in [-0.4, -0.2) is 48.9 Å². The largest absolute Gasteiger partial charge is 0.357 e. The minimum Gasteiger partial charge on any atom is -0.357 e. The molecule has 0 radical (unpaired) electrons. The van der Waals surface area contributed by atoms with Crippen molar-refractivity contribution in [3.05, 3.63) is 29.3 Å². The summed E-state index contributed by atoms with van der Waals surface area (Å²) in [5.74, 6) is -0.455. The molecule has 8 heteroatoms. The van der Waals surface area contributed by atoms with Gasteiger partial charge in [0.2, 0.25) is 11.8 Å². The highest BCUT2D eigenvalue weighted by Crippen LogP contribution is 2.17. The maximum atomic E-state index is 12.2. The van der Waals surface area contributed by atoms with Crippen LogP contribution in [0.3, 0.4) is 0 Å². The molecule has 23 heavy (non-hydrogen) atoms. The van der Waals surface area contributed by atoms with Gasteiger partial charge in [0.1, 0.15) is 6.04 Å². The number of anilines is 1. The van der Waals surface area contributed by atoms with E-state index in [-0.39, 0.29) is 18.4 Å². The van der Waals surface area contributed by atoms with E-state index in [0.29, 0.717) is 23.7 Å². The van der Waals surface area contributed by atoms with Gasteiger partial charge in [0, 0.05) is 24.3 Å². The molecule has 0 bridgehead atoms. The summed E-state index contributed by atoms with van der Waals surface area (Å²) in [7, 11) is 1.54. The fourth-order valence-electron chi connectivity index (χ4n) is 2.47. The number of nitrogens with one attached hydrogen (secondary N) is 3. The van der Waals surface area contributed by atoms with Crippen LogP contribution in [0.2, 0.25) is 5.02 Å². The van der Waals surface area contributed by atoms with E-state index >= 15 is 0 Å². The van der Waals surface area contributed by atoms with E-state index in [1.54, 1.807) is 31.3 Å². The molecule has 0 saturated carbocycles. The number of rotatable bonds is 4. The SMILES string of the molecule is CNC(=O)C1CCCN1C(=O)CNC(=O)Nc1ccc(Cl)cc1. The average molecular weight is 339 g/mol. The zero-order chi connectivity index (χ0) is 16.8. The van der Waals surface area contributed by atoms with Gasteiger partial charge in [0.05, 0.1) is 6.54 Å². The highest BCUT2D eigenvalue weighted by atomic mass is 35.5. The molecular weight excluding hydrogens is 320 g/mol. The van der Waals surface area contributed by atoms with Crippen molar-refractivity contribution < 1.29 is 14.4 Å². The monoisotopic (exact) mass is 338 g/mol. The number of urea groups is 1.